The first-order valence-electron chi connectivity index (χ1n) is 7.04. The van der Waals surface area contributed by atoms with Crippen molar-refractivity contribution >= 4 is 12.1 Å². The average Bonchev–Trinajstić information content (AvgIpc) is 2.36. The number of carboxylic acid groups (broad SMARTS) is 1. The van der Waals surface area contributed by atoms with Crippen LogP contribution in [0.3, 0.4) is 0 Å². The Balaban J connectivity index is 2.43. The SMILES string of the molecule is CC(C)(C)OC(=O)N[C@@H](CCCc1ccccc1)C(=O)O. The van der Waals surface area contributed by atoms with Crippen molar-refractivity contribution in [1.82, 2.24) is 5.32 Å². The van der Waals surface area contributed by atoms with Gasteiger partial charge in [-0.2, -0.15) is 0 Å². The summed E-state index contributed by atoms with van der Waals surface area (Å²) >= 11 is 0. The Morgan fingerprint density at radius 2 is 1.86 bits per heavy atom. The summed E-state index contributed by atoms with van der Waals surface area (Å²) in [5.41, 5.74) is 0.510. The predicted octanol–water partition coefficient (Wildman–Crippen LogP) is 2.99. The number of aliphatic carboxylic acids is 1. The number of hydrogen-bond acceptors (Lipinski definition) is 3. The molecule has 116 valence electrons. The molecule has 1 rings (SSSR count). The maximum Gasteiger partial charge on any atom is 0.408 e. The zero-order chi connectivity index (χ0) is 15.9. The van der Waals surface area contributed by atoms with Gasteiger partial charge < -0.3 is 15.2 Å². The standard InChI is InChI=1S/C16H23NO4/c1-16(2,3)21-15(20)17-13(14(18)19)11-7-10-12-8-5-4-6-9-12/h4-6,8-9,13H,7,10-11H2,1-3H3,(H,17,20)(H,18,19)/t13-/m0/s1. The molecule has 0 heterocycles. The molecule has 1 amide bonds. The van der Waals surface area contributed by atoms with Gasteiger partial charge in [-0.15, -0.1) is 0 Å². The molecule has 0 bridgehead atoms. The average molecular weight is 293 g/mol. The number of hydrogen-bond donors (Lipinski definition) is 2. The highest BCUT2D eigenvalue weighted by Crippen LogP contribution is 2.09. The number of alkyl carbamates (subject to hydrolysis) is 1. The zero-order valence-electron chi connectivity index (χ0n) is 12.8. The third kappa shape index (κ3) is 7.34. The number of amides is 1. The first kappa shape index (κ1) is 17.0. The fourth-order valence-corrected chi connectivity index (χ4v) is 1.86. The second kappa shape index (κ2) is 7.67. The van der Waals surface area contributed by atoms with E-state index >= 15 is 0 Å². The Kier molecular flexibility index (Phi) is 6.21. The molecule has 0 aliphatic rings. The predicted molar refractivity (Wildman–Crippen MR) is 80.2 cm³/mol. The lowest BCUT2D eigenvalue weighted by atomic mass is 10.0. The minimum atomic E-state index is -1.05. The minimum Gasteiger partial charge on any atom is -0.480 e. The third-order valence-electron chi connectivity index (χ3n) is 2.79. The summed E-state index contributed by atoms with van der Waals surface area (Å²) in [6, 6.07) is 8.90. The van der Waals surface area contributed by atoms with Gasteiger partial charge in [-0.1, -0.05) is 30.3 Å². The molecule has 21 heavy (non-hydrogen) atoms. The van der Waals surface area contributed by atoms with Crippen molar-refractivity contribution in [3.8, 4) is 0 Å². The van der Waals surface area contributed by atoms with Crippen LogP contribution in [0.1, 0.15) is 39.2 Å². The fourth-order valence-electron chi connectivity index (χ4n) is 1.86. The highest BCUT2D eigenvalue weighted by atomic mass is 16.6. The lowest BCUT2D eigenvalue weighted by molar-refractivity contribution is -0.139. The number of carboxylic acids is 1. The Bertz CT molecular complexity index is 465. The molecule has 0 spiro atoms. The Morgan fingerprint density at radius 3 is 2.38 bits per heavy atom. The second-order valence-electron chi connectivity index (χ2n) is 5.91. The molecule has 0 unspecified atom stereocenters. The van der Waals surface area contributed by atoms with Crippen LogP contribution < -0.4 is 5.32 Å². The number of carbonyl (C=O) groups excluding carboxylic acids is 1. The molecule has 2 N–H and O–H groups in total. The van der Waals surface area contributed by atoms with Crippen molar-refractivity contribution in [3.63, 3.8) is 0 Å². The van der Waals surface area contributed by atoms with Gasteiger partial charge >= 0.3 is 12.1 Å². The first-order valence-corrected chi connectivity index (χ1v) is 7.04. The number of aryl methyl sites for hydroxylation is 1. The summed E-state index contributed by atoms with van der Waals surface area (Å²) in [5.74, 6) is -1.05. The van der Waals surface area contributed by atoms with Crippen molar-refractivity contribution in [2.24, 2.45) is 0 Å². The van der Waals surface area contributed by atoms with E-state index in [1.165, 1.54) is 0 Å². The molecule has 0 aliphatic heterocycles. The maximum atomic E-state index is 11.6. The number of benzene rings is 1. The van der Waals surface area contributed by atoms with Crippen molar-refractivity contribution in [2.75, 3.05) is 0 Å². The maximum absolute atomic E-state index is 11.6. The Hall–Kier alpha value is -2.04. The summed E-state index contributed by atoms with van der Waals surface area (Å²) in [6.45, 7) is 5.20. The van der Waals surface area contributed by atoms with Crippen LogP contribution in [-0.2, 0) is 16.0 Å². The largest absolute Gasteiger partial charge is 0.480 e. The van der Waals surface area contributed by atoms with E-state index in [0.29, 0.717) is 12.8 Å². The van der Waals surface area contributed by atoms with Gasteiger partial charge in [-0.3, -0.25) is 0 Å². The minimum absolute atomic E-state index is 0.365. The Morgan fingerprint density at radius 1 is 1.24 bits per heavy atom. The summed E-state index contributed by atoms with van der Waals surface area (Å²) in [7, 11) is 0. The van der Waals surface area contributed by atoms with Crippen LogP contribution in [0.4, 0.5) is 4.79 Å². The molecule has 0 fully saturated rings. The smallest absolute Gasteiger partial charge is 0.408 e. The molecule has 0 radical (unpaired) electrons. The van der Waals surface area contributed by atoms with Crippen LogP contribution in [0, 0.1) is 0 Å². The van der Waals surface area contributed by atoms with E-state index in [1.807, 2.05) is 30.3 Å². The number of nitrogens with one attached hydrogen (secondary N) is 1. The van der Waals surface area contributed by atoms with Crippen LogP contribution in [0.2, 0.25) is 0 Å². The highest BCUT2D eigenvalue weighted by Gasteiger charge is 2.23. The number of ether oxygens (including phenoxy) is 1. The van der Waals surface area contributed by atoms with Crippen LogP contribution in [-0.4, -0.2) is 28.8 Å². The van der Waals surface area contributed by atoms with Crippen LogP contribution in [0.25, 0.3) is 0 Å². The molecule has 0 saturated carbocycles. The van der Waals surface area contributed by atoms with E-state index in [4.69, 9.17) is 9.84 Å². The second-order valence-corrected chi connectivity index (χ2v) is 5.91. The molecule has 1 aromatic rings. The quantitative estimate of drug-likeness (QED) is 0.845. The molecular weight excluding hydrogens is 270 g/mol. The van der Waals surface area contributed by atoms with Crippen LogP contribution in [0.15, 0.2) is 30.3 Å². The molecule has 1 atom stereocenters. The summed E-state index contributed by atoms with van der Waals surface area (Å²) in [5, 5.41) is 11.5. The van der Waals surface area contributed by atoms with Gasteiger partial charge in [-0.25, -0.2) is 9.59 Å². The van der Waals surface area contributed by atoms with Gasteiger partial charge in [0, 0.05) is 0 Å². The van der Waals surface area contributed by atoms with E-state index in [1.54, 1.807) is 20.8 Å². The van der Waals surface area contributed by atoms with Crippen molar-refractivity contribution < 1.29 is 19.4 Å². The summed E-state index contributed by atoms with van der Waals surface area (Å²) in [6.07, 6.45) is 1.12. The van der Waals surface area contributed by atoms with E-state index in [9.17, 15) is 9.59 Å². The Labute approximate surface area is 125 Å². The summed E-state index contributed by atoms with van der Waals surface area (Å²) in [4.78, 5) is 22.8. The normalized spacial score (nSPS) is 12.5. The molecule has 1 aromatic carbocycles. The molecule has 0 saturated heterocycles. The van der Waals surface area contributed by atoms with Gasteiger partial charge in [0.15, 0.2) is 0 Å². The van der Waals surface area contributed by atoms with E-state index in [2.05, 4.69) is 5.32 Å². The van der Waals surface area contributed by atoms with Gasteiger partial charge in [0.1, 0.15) is 11.6 Å². The van der Waals surface area contributed by atoms with Crippen molar-refractivity contribution in [2.45, 2.75) is 51.7 Å². The lowest BCUT2D eigenvalue weighted by Gasteiger charge is -2.22. The highest BCUT2D eigenvalue weighted by molar-refractivity contribution is 5.79. The summed E-state index contributed by atoms with van der Waals surface area (Å²) < 4.78 is 5.07. The van der Waals surface area contributed by atoms with E-state index in [-0.39, 0.29) is 0 Å². The molecule has 5 heteroatoms. The van der Waals surface area contributed by atoms with Crippen LogP contribution in [0.5, 0.6) is 0 Å². The van der Waals surface area contributed by atoms with Gasteiger partial charge in [0.2, 0.25) is 0 Å². The molecule has 0 aliphatic carbocycles. The first-order chi connectivity index (χ1) is 9.78. The van der Waals surface area contributed by atoms with Crippen LogP contribution >= 0.6 is 0 Å². The van der Waals surface area contributed by atoms with Gasteiger partial charge in [-0.05, 0) is 45.6 Å². The fraction of sp³-hybridized carbons (Fsp3) is 0.500. The van der Waals surface area contributed by atoms with E-state index in [0.717, 1.165) is 12.0 Å². The molecule has 0 aromatic heterocycles. The molecular formula is C16H23NO4. The lowest BCUT2D eigenvalue weighted by Crippen LogP contribution is -2.43. The zero-order valence-corrected chi connectivity index (χ0v) is 12.8. The van der Waals surface area contributed by atoms with Crippen molar-refractivity contribution in [3.05, 3.63) is 35.9 Å². The van der Waals surface area contributed by atoms with Gasteiger partial charge in [0.05, 0.1) is 0 Å². The number of carbonyl (C=O) groups is 2. The molecule has 5 nitrogen and oxygen atoms in total. The van der Waals surface area contributed by atoms with Gasteiger partial charge in [0.25, 0.3) is 0 Å². The third-order valence-corrected chi connectivity index (χ3v) is 2.79. The van der Waals surface area contributed by atoms with E-state index < -0.39 is 23.7 Å². The van der Waals surface area contributed by atoms with Crippen molar-refractivity contribution in [1.29, 1.82) is 0 Å². The number of rotatable bonds is 6. The topological polar surface area (TPSA) is 75.6 Å². The monoisotopic (exact) mass is 293 g/mol.